The van der Waals surface area contributed by atoms with Gasteiger partial charge in [-0.15, -0.1) is 0 Å². The van der Waals surface area contributed by atoms with Gasteiger partial charge in [-0.25, -0.2) is 9.97 Å². The first-order chi connectivity index (χ1) is 12.1. The maximum atomic E-state index is 6.23. The minimum atomic E-state index is 0.396. The van der Waals surface area contributed by atoms with Gasteiger partial charge in [-0.3, -0.25) is 4.68 Å². The molecule has 0 fully saturated rings. The Morgan fingerprint density at radius 3 is 2.60 bits per heavy atom. The fraction of sp³-hybridized carbons (Fsp3) is 0.0556. The molecule has 0 bridgehead atoms. The molecule has 0 aliphatic carbocycles. The van der Waals surface area contributed by atoms with Gasteiger partial charge < -0.3 is 5.73 Å². The molecule has 0 saturated heterocycles. The number of fused-ring (bicyclic) bond motifs is 1. The van der Waals surface area contributed by atoms with E-state index < -0.39 is 0 Å². The Balaban J connectivity index is 1.75. The maximum Gasteiger partial charge on any atom is 0.186 e. The topological polar surface area (TPSA) is 69.6 Å². The molecule has 2 aromatic heterocycles. The Labute approximate surface area is 154 Å². The van der Waals surface area contributed by atoms with Crippen molar-refractivity contribution >= 4 is 40.1 Å². The van der Waals surface area contributed by atoms with Crippen molar-refractivity contribution in [3.8, 4) is 11.4 Å². The van der Waals surface area contributed by atoms with E-state index in [1.54, 1.807) is 16.8 Å². The number of aromatic nitrogens is 4. The first-order valence-corrected chi connectivity index (χ1v) is 8.36. The summed E-state index contributed by atoms with van der Waals surface area (Å²) < 4.78 is 1.74. The van der Waals surface area contributed by atoms with Crippen molar-refractivity contribution in [2.24, 2.45) is 0 Å². The number of nitrogens with two attached hydrogens (primary N) is 1. The minimum Gasteiger partial charge on any atom is -0.383 e. The van der Waals surface area contributed by atoms with E-state index in [0.717, 1.165) is 11.1 Å². The first kappa shape index (κ1) is 15.9. The number of anilines is 1. The average Bonchev–Trinajstić information content (AvgIpc) is 3.02. The van der Waals surface area contributed by atoms with Crippen molar-refractivity contribution in [2.45, 2.75) is 6.54 Å². The number of hydrogen-bond acceptors (Lipinski definition) is 4. The van der Waals surface area contributed by atoms with Crippen LogP contribution in [-0.4, -0.2) is 19.7 Å². The molecule has 0 aliphatic heterocycles. The molecule has 0 radical (unpaired) electrons. The quantitative estimate of drug-likeness (QED) is 0.579. The summed E-state index contributed by atoms with van der Waals surface area (Å²) in [6.07, 6.45) is 1.82. The van der Waals surface area contributed by atoms with Gasteiger partial charge in [0.2, 0.25) is 0 Å². The number of hydrogen-bond donors (Lipinski definition) is 1. The lowest BCUT2D eigenvalue weighted by Crippen LogP contribution is -2.00. The highest BCUT2D eigenvalue weighted by Gasteiger charge is 2.12. The van der Waals surface area contributed by atoms with Crippen molar-refractivity contribution in [1.29, 1.82) is 0 Å². The molecule has 0 aliphatic rings. The van der Waals surface area contributed by atoms with Crippen LogP contribution in [0.1, 0.15) is 5.56 Å². The summed E-state index contributed by atoms with van der Waals surface area (Å²) in [5.74, 6) is 0.948. The van der Waals surface area contributed by atoms with Gasteiger partial charge >= 0.3 is 0 Å². The number of rotatable bonds is 3. The fourth-order valence-electron chi connectivity index (χ4n) is 2.61. The molecule has 0 unspecified atom stereocenters. The van der Waals surface area contributed by atoms with E-state index in [4.69, 9.17) is 28.9 Å². The molecule has 0 amide bonds. The monoisotopic (exact) mass is 369 g/mol. The number of halogens is 2. The highest BCUT2D eigenvalue weighted by atomic mass is 35.5. The Morgan fingerprint density at radius 1 is 1.00 bits per heavy atom. The minimum absolute atomic E-state index is 0.396. The predicted octanol–water partition coefficient (Wildman–Crippen LogP) is 4.43. The van der Waals surface area contributed by atoms with E-state index in [2.05, 4.69) is 15.1 Å². The zero-order valence-corrected chi connectivity index (χ0v) is 14.5. The van der Waals surface area contributed by atoms with Crippen LogP contribution in [0.2, 0.25) is 10.0 Å². The molecule has 5 nitrogen and oxygen atoms in total. The molecule has 4 rings (SSSR count). The van der Waals surface area contributed by atoms with Gasteiger partial charge in [-0.2, -0.15) is 5.10 Å². The zero-order chi connectivity index (χ0) is 17.4. The zero-order valence-electron chi connectivity index (χ0n) is 13.0. The largest absolute Gasteiger partial charge is 0.383 e. The molecule has 0 saturated carbocycles. The number of nitrogen functional groups attached to an aromatic ring is 1. The molecule has 2 N–H and O–H groups in total. The number of nitrogens with zero attached hydrogens (tertiary/aromatic N) is 4. The Hall–Kier alpha value is -2.63. The normalized spacial score (nSPS) is 11.1. The van der Waals surface area contributed by atoms with Gasteiger partial charge in [-0.05, 0) is 23.8 Å². The summed E-state index contributed by atoms with van der Waals surface area (Å²) in [7, 11) is 0. The van der Waals surface area contributed by atoms with Crippen LogP contribution < -0.4 is 5.73 Å². The third-order valence-electron chi connectivity index (χ3n) is 3.83. The van der Waals surface area contributed by atoms with Crippen molar-refractivity contribution in [2.75, 3.05) is 5.73 Å². The average molecular weight is 370 g/mol. The van der Waals surface area contributed by atoms with Crippen molar-refractivity contribution in [1.82, 2.24) is 19.7 Å². The van der Waals surface area contributed by atoms with E-state index in [1.807, 2.05) is 42.6 Å². The Bertz CT molecular complexity index is 1060. The number of benzene rings is 2. The van der Waals surface area contributed by atoms with Crippen molar-refractivity contribution < 1.29 is 0 Å². The second kappa shape index (κ2) is 6.35. The molecule has 124 valence electrons. The lowest BCUT2D eigenvalue weighted by molar-refractivity contribution is 0.693. The predicted molar refractivity (Wildman–Crippen MR) is 101 cm³/mol. The highest BCUT2D eigenvalue weighted by Crippen LogP contribution is 2.24. The SMILES string of the molecule is Nc1nc(-c2ccccc2)nc2nn(Cc3cc(Cl)ccc3Cl)cc12. The summed E-state index contributed by atoms with van der Waals surface area (Å²) >= 11 is 12.3. The molecule has 25 heavy (non-hydrogen) atoms. The molecule has 4 aromatic rings. The van der Waals surface area contributed by atoms with Crippen LogP contribution >= 0.6 is 23.2 Å². The standard InChI is InChI=1S/C18H13Cl2N5/c19-13-6-7-15(20)12(8-13)9-25-10-14-16(21)22-17(23-18(14)24-25)11-4-2-1-3-5-11/h1-8,10H,9H2,(H2,21,22,23,24). The second-order valence-electron chi connectivity index (χ2n) is 5.60. The second-order valence-corrected chi connectivity index (χ2v) is 6.44. The Morgan fingerprint density at radius 2 is 1.80 bits per heavy atom. The molecule has 2 heterocycles. The molecule has 2 aromatic carbocycles. The summed E-state index contributed by atoms with van der Waals surface area (Å²) in [6.45, 7) is 0.468. The summed E-state index contributed by atoms with van der Waals surface area (Å²) in [5, 5.41) is 6.47. The lowest BCUT2D eigenvalue weighted by atomic mass is 10.2. The van der Waals surface area contributed by atoms with Crippen LogP contribution in [0.3, 0.4) is 0 Å². The smallest absolute Gasteiger partial charge is 0.186 e. The van der Waals surface area contributed by atoms with Gasteiger partial charge in [0, 0.05) is 21.8 Å². The van der Waals surface area contributed by atoms with Crippen molar-refractivity contribution in [3.05, 3.63) is 70.3 Å². The van der Waals surface area contributed by atoms with Crippen LogP contribution in [0.15, 0.2) is 54.7 Å². The summed E-state index contributed by atoms with van der Waals surface area (Å²) in [4.78, 5) is 8.92. The molecule has 0 atom stereocenters. The summed E-state index contributed by atoms with van der Waals surface area (Å²) in [5.41, 5.74) is 8.41. The first-order valence-electron chi connectivity index (χ1n) is 7.60. The van der Waals surface area contributed by atoms with Gasteiger partial charge in [0.25, 0.3) is 0 Å². The van der Waals surface area contributed by atoms with E-state index in [-0.39, 0.29) is 0 Å². The van der Waals surface area contributed by atoms with E-state index in [0.29, 0.717) is 39.3 Å². The molecule has 7 heteroatoms. The van der Waals surface area contributed by atoms with Crippen molar-refractivity contribution in [3.63, 3.8) is 0 Å². The third kappa shape index (κ3) is 3.16. The van der Waals surface area contributed by atoms with E-state index >= 15 is 0 Å². The van der Waals surface area contributed by atoms with Gasteiger partial charge in [0.15, 0.2) is 11.5 Å². The molecule has 0 spiro atoms. The third-order valence-corrected chi connectivity index (χ3v) is 4.43. The summed E-state index contributed by atoms with van der Waals surface area (Å²) in [6, 6.07) is 15.0. The molecular formula is C18H13Cl2N5. The van der Waals surface area contributed by atoms with Gasteiger partial charge in [0.1, 0.15) is 5.82 Å². The highest BCUT2D eigenvalue weighted by molar-refractivity contribution is 6.33. The maximum absolute atomic E-state index is 6.23. The van der Waals surface area contributed by atoms with Crippen LogP contribution in [0.5, 0.6) is 0 Å². The fourth-order valence-corrected chi connectivity index (χ4v) is 2.98. The van der Waals surface area contributed by atoms with Gasteiger partial charge in [0.05, 0.1) is 11.9 Å². The molecular weight excluding hydrogens is 357 g/mol. The van der Waals surface area contributed by atoms with Crippen LogP contribution in [0.25, 0.3) is 22.4 Å². The van der Waals surface area contributed by atoms with Crippen LogP contribution in [0, 0.1) is 0 Å². The van der Waals surface area contributed by atoms with E-state index in [1.165, 1.54) is 0 Å². The van der Waals surface area contributed by atoms with Crippen LogP contribution in [0.4, 0.5) is 5.82 Å². The Kier molecular flexibility index (Phi) is 4.03. The van der Waals surface area contributed by atoms with Gasteiger partial charge in [-0.1, -0.05) is 53.5 Å². The van der Waals surface area contributed by atoms with E-state index in [9.17, 15) is 0 Å². The lowest BCUT2D eigenvalue weighted by Gasteiger charge is -2.04. The van der Waals surface area contributed by atoms with Crippen LogP contribution in [-0.2, 0) is 6.54 Å².